The molecular weight excluding hydrogens is 180 g/mol. The number of aromatic nitrogens is 5. The Kier molecular flexibility index (Phi) is 1.60. The SMILES string of the molecule is c1cc(-c2nnn[nH]2)n2c1CNCC2. The van der Waals surface area contributed by atoms with E-state index in [2.05, 4.69) is 36.6 Å². The number of aromatic amines is 1. The second-order valence-corrected chi connectivity index (χ2v) is 3.29. The number of nitrogens with zero attached hydrogens (tertiary/aromatic N) is 4. The first-order valence-corrected chi connectivity index (χ1v) is 4.58. The summed E-state index contributed by atoms with van der Waals surface area (Å²) in [5.74, 6) is 0.734. The van der Waals surface area contributed by atoms with Gasteiger partial charge in [-0.2, -0.15) is 0 Å². The largest absolute Gasteiger partial charge is 0.339 e. The molecule has 2 aromatic rings. The zero-order chi connectivity index (χ0) is 9.38. The van der Waals surface area contributed by atoms with Crippen molar-refractivity contribution in [3.8, 4) is 11.5 Å². The summed E-state index contributed by atoms with van der Waals surface area (Å²) < 4.78 is 2.23. The highest BCUT2D eigenvalue weighted by Crippen LogP contribution is 2.19. The van der Waals surface area contributed by atoms with Crippen LogP contribution in [0.25, 0.3) is 11.5 Å². The van der Waals surface area contributed by atoms with Crippen LogP contribution in [0, 0.1) is 0 Å². The highest BCUT2D eigenvalue weighted by Gasteiger charge is 2.14. The van der Waals surface area contributed by atoms with Gasteiger partial charge in [-0.05, 0) is 22.6 Å². The summed E-state index contributed by atoms with van der Waals surface area (Å²) in [5, 5.41) is 17.2. The number of hydrogen-bond acceptors (Lipinski definition) is 4. The lowest BCUT2D eigenvalue weighted by Gasteiger charge is -2.17. The van der Waals surface area contributed by atoms with Crippen LogP contribution < -0.4 is 5.32 Å². The molecule has 6 heteroatoms. The van der Waals surface area contributed by atoms with Gasteiger partial charge in [0, 0.05) is 25.3 Å². The summed E-state index contributed by atoms with van der Waals surface area (Å²) in [6.07, 6.45) is 0. The summed E-state index contributed by atoms with van der Waals surface area (Å²) in [4.78, 5) is 0. The van der Waals surface area contributed by atoms with Crippen LogP contribution in [0.2, 0.25) is 0 Å². The molecule has 2 aromatic heterocycles. The Labute approximate surface area is 80.3 Å². The second kappa shape index (κ2) is 2.91. The van der Waals surface area contributed by atoms with E-state index in [9.17, 15) is 0 Å². The first-order valence-electron chi connectivity index (χ1n) is 4.58. The normalized spacial score (nSPS) is 15.4. The van der Waals surface area contributed by atoms with Crippen molar-refractivity contribution >= 4 is 0 Å². The lowest BCUT2D eigenvalue weighted by molar-refractivity contribution is 0.519. The van der Waals surface area contributed by atoms with Crippen LogP contribution in [0.1, 0.15) is 5.69 Å². The minimum absolute atomic E-state index is 0.734. The monoisotopic (exact) mass is 190 g/mol. The number of tetrazole rings is 1. The zero-order valence-electron chi connectivity index (χ0n) is 7.56. The van der Waals surface area contributed by atoms with Crippen LogP contribution in [0.3, 0.4) is 0 Å². The lowest BCUT2D eigenvalue weighted by atomic mass is 10.3. The van der Waals surface area contributed by atoms with Crippen molar-refractivity contribution in [1.29, 1.82) is 0 Å². The molecule has 72 valence electrons. The summed E-state index contributed by atoms with van der Waals surface area (Å²) >= 11 is 0. The standard InChI is InChI=1S/C8H10N6/c1-2-7(8-10-12-13-11-8)14-4-3-9-5-6(1)14/h1-2,9H,3-5H2,(H,10,11,12,13). The smallest absolute Gasteiger partial charge is 0.196 e. The Morgan fingerprint density at radius 2 is 2.36 bits per heavy atom. The maximum atomic E-state index is 3.91. The Hall–Kier alpha value is -1.69. The molecule has 0 fully saturated rings. The zero-order valence-corrected chi connectivity index (χ0v) is 7.56. The van der Waals surface area contributed by atoms with E-state index >= 15 is 0 Å². The fourth-order valence-electron chi connectivity index (χ4n) is 1.81. The molecule has 0 unspecified atom stereocenters. The fourth-order valence-corrected chi connectivity index (χ4v) is 1.81. The maximum absolute atomic E-state index is 3.91. The maximum Gasteiger partial charge on any atom is 0.196 e. The van der Waals surface area contributed by atoms with Gasteiger partial charge in [-0.25, -0.2) is 5.10 Å². The van der Waals surface area contributed by atoms with E-state index in [1.165, 1.54) is 5.69 Å². The van der Waals surface area contributed by atoms with E-state index in [4.69, 9.17) is 0 Å². The summed E-state index contributed by atoms with van der Waals surface area (Å²) in [6.45, 7) is 2.89. The molecule has 1 aliphatic heterocycles. The summed E-state index contributed by atoms with van der Waals surface area (Å²) in [7, 11) is 0. The molecule has 0 radical (unpaired) electrons. The van der Waals surface area contributed by atoms with E-state index < -0.39 is 0 Å². The number of fused-ring (bicyclic) bond motifs is 1. The van der Waals surface area contributed by atoms with Gasteiger partial charge in [0.05, 0.1) is 5.69 Å². The molecule has 6 nitrogen and oxygen atoms in total. The van der Waals surface area contributed by atoms with Crippen LogP contribution in [-0.4, -0.2) is 31.7 Å². The fraction of sp³-hybridized carbons (Fsp3) is 0.375. The summed E-state index contributed by atoms with van der Waals surface area (Å²) in [5.41, 5.74) is 2.34. The van der Waals surface area contributed by atoms with Gasteiger partial charge in [0.15, 0.2) is 5.82 Å². The van der Waals surface area contributed by atoms with E-state index in [0.717, 1.165) is 31.2 Å². The van der Waals surface area contributed by atoms with Crippen LogP contribution in [-0.2, 0) is 13.1 Å². The molecule has 0 atom stereocenters. The first kappa shape index (κ1) is 7.69. The van der Waals surface area contributed by atoms with Crippen LogP contribution in [0.5, 0.6) is 0 Å². The average Bonchev–Trinajstić information content (AvgIpc) is 2.85. The number of hydrogen-bond donors (Lipinski definition) is 2. The van der Waals surface area contributed by atoms with Crippen molar-refractivity contribution in [1.82, 2.24) is 30.5 Å². The third kappa shape index (κ3) is 1.04. The van der Waals surface area contributed by atoms with Gasteiger partial charge in [0.2, 0.25) is 0 Å². The summed E-state index contributed by atoms with van der Waals surface area (Å²) in [6, 6.07) is 4.15. The number of H-pyrrole nitrogens is 1. The topological polar surface area (TPSA) is 71.4 Å². The molecule has 0 saturated carbocycles. The molecule has 0 bridgehead atoms. The van der Waals surface area contributed by atoms with E-state index in [1.807, 2.05) is 6.07 Å². The van der Waals surface area contributed by atoms with Gasteiger partial charge in [0.25, 0.3) is 0 Å². The van der Waals surface area contributed by atoms with Gasteiger partial charge in [0.1, 0.15) is 0 Å². The van der Waals surface area contributed by atoms with Gasteiger partial charge in [-0.1, -0.05) is 0 Å². The predicted octanol–water partition coefficient (Wildman–Crippen LogP) is -0.229. The van der Waals surface area contributed by atoms with Crippen molar-refractivity contribution in [3.05, 3.63) is 17.8 Å². The van der Waals surface area contributed by atoms with Crippen LogP contribution in [0.15, 0.2) is 12.1 Å². The third-order valence-electron chi connectivity index (χ3n) is 2.48. The Balaban J connectivity index is 2.11. The molecule has 14 heavy (non-hydrogen) atoms. The molecule has 0 aliphatic carbocycles. The van der Waals surface area contributed by atoms with E-state index in [1.54, 1.807) is 0 Å². The third-order valence-corrected chi connectivity index (χ3v) is 2.48. The van der Waals surface area contributed by atoms with Crippen molar-refractivity contribution < 1.29 is 0 Å². The van der Waals surface area contributed by atoms with E-state index in [-0.39, 0.29) is 0 Å². The van der Waals surface area contributed by atoms with E-state index in [0.29, 0.717) is 0 Å². The number of rotatable bonds is 1. The Morgan fingerprint density at radius 3 is 3.21 bits per heavy atom. The van der Waals surface area contributed by atoms with Gasteiger partial charge < -0.3 is 9.88 Å². The highest BCUT2D eigenvalue weighted by molar-refractivity contribution is 5.50. The van der Waals surface area contributed by atoms with Crippen LogP contribution in [0.4, 0.5) is 0 Å². The lowest BCUT2D eigenvalue weighted by Crippen LogP contribution is -2.28. The number of nitrogens with one attached hydrogen (secondary N) is 2. The molecule has 0 amide bonds. The molecule has 3 heterocycles. The minimum Gasteiger partial charge on any atom is -0.339 e. The minimum atomic E-state index is 0.734. The van der Waals surface area contributed by atoms with Gasteiger partial charge in [-0.3, -0.25) is 0 Å². The second-order valence-electron chi connectivity index (χ2n) is 3.29. The van der Waals surface area contributed by atoms with Gasteiger partial charge >= 0.3 is 0 Å². The predicted molar refractivity (Wildman–Crippen MR) is 49.3 cm³/mol. The molecule has 0 saturated heterocycles. The Bertz CT molecular complexity index is 429. The molecule has 0 aromatic carbocycles. The molecular formula is C8H10N6. The van der Waals surface area contributed by atoms with Crippen molar-refractivity contribution in [2.45, 2.75) is 13.1 Å². The van der Waals surface area contributed by atoms with Crippen LogP contribution >= 0.6 is 0 Å². The molecule has 2 N–H and O–H groups in total. The first-order chi connectivity index (χ1) is 6.95. The molecule has 0 spiro atoms. The van der Waals surface area contributed by atoms with Crippen molar-refractivity contribution in [2.75, 3.05) is 6.54 Å². The average molecular weight is 190 g/mol. The van der Waals surface area contributed by atoms with Crippen molar-refractivity contribution in [3.63, 3.8) is 0 Å². The Morgan fingerprint density at radius 1 is 1.36 bits per heavy atom. The van der Waals surface area contributed by atoms with Crippen molar-refractivity contribution in [2.24, 2.45) is 0 Å². The molecule has 3 rings (SSSR count). The molecule has 1 aliphatic rings. The highest BCUT2D eigenvalue weighted by atomic mass is 15.5. The van der Waals surface area contributed by atoms with Gasteiger partial charge in [-0.15, -0.1) is 5.10 Å². The quantitative estimate of drug-likeness (QED) is 0.651.